The zero-order valence-corrected chi connectivity index (χ0v) is 14.3. The Morgan fingerprint density at radius 2 is 1.32 bits per heavy atom. The lowest BCUT2D eigenvalue weighted by Gasteiger charge is -2.16. The number of amides is 1. The van der Waals surface area contributed by atoms with Crippen molar-refractivity contribution in [2.45, 2.75) is 5.25 Å². The second-order valence-electron chi connectivity index (χ2n) is 5.65. The van der Waals surface area contributed by atoms with Gasteiger partial charge in [0.2, 0.25) is 0 Å². The van der Waals surface area contributed by atoms with Gasteiger partial charge in [-0.15, -0.1) is 0 Å². The first kappa shape index (κ1) is 15.7. The average molecular weight is 344 g/mol. The largest absolute Gasteiger partial charge is 0.272 e. The number of anilines is 1. The van der Waals surface area contributed by atoms with Crippen molar-refractivity contribution >= 4 is 34.2 Å². The Hall–Kier alpha value is -2.85. The highest BCUT2D eigenvalue weighted by molar-refractivity contribution is 8.15. The zero-order valence-electron chi connectivity index (χ0n) is 13.4. The van der Waals surface area contributed by atoms with Crippen LogP contribution in [0.5, 0.6) is 0 Å². The fraction of sp³-hybridized carbons (Fsp3) is 0.0476. The van der Waals surface area contributed by atoms with Crippen LogP contribution in [0.4, 0.5) is 11.4 Å². The van der Waals surface area contributed by atoms with E-state index < -0.39 is 0 Å². The maximum Gasteiger partial charge on any atom is 0.251 e. The Labute approximate surface area is 151 Å². The summed E-state index contributed by atoms with van der Waals surface area (Å²) in [6, 6.07) is 29.3. The van der Waals surface area contributed by atoms with Crippen LogP contribution in [-0.4, -0.2) is 11.1 Å². The van der Waals surface area contributed by atoms with Crippen molar-refractivity contribution < 1.29 is 4.79 Å². The van der Waals surface area contributed by atoms with E-state index in [1.807, 2.05) is 91.0 Å². The molecule has 0 spiro atoms. The molecule has 1 aliphatic heterocycles. The van der Waals surface area contributed by atoms with Gasteiger partial charge < -0.3 is 0 Å². The van der Waals surface area contributed by atoms with E-state index in [1.54, 1.807) is 4.90 Å². The Morgan fingerprint density at radius 3 is 1.96 bits per heavy atom. The van der Waals surface area contributed by atoms with Gasteiger partial charge in [-0.05, 0) is 29.8 Å². The van der Waals surface area contributed by atoms with Gasteiger partial charge >= 0.3 is 0 Å². The Balaban J connectivity index is 1.77. The molecule has 122 valence electrons. The summed E-state index contributed by atoms with van der Waals surface area (Å²) in [5.41, 5.74) is 2.68. The molecule has 4 heteroatoms. The lowest BCUT2D eigenvalue weighted by Crippen LogP contribution is -2.29. The summed E-state index contributed by atoms with van der Waals surface area (Å²) in [6.07, 6.45) is 0. The number of nitrogens with zero attached hydrogens (tertiary/aromatic N) is 2. The Bertz CT molecular complexity index is 895. The molecular weight excluding hydrogens is 328 g/mol. The molecule has 1 fully saturated rings. The smallest absolute Gasteiger partial charge is 0.251 e. The predicted molar refractivity (Wildman–Crippen MR) is 104 cm³/mol. The lowest BCUT2D eigenvalue weighted by atomic mass is 10.1. The number of para-hydroxylation sites is 2. The van der Waals surface area contributed by atoms with E-state index in [4.69, 9.17) is 4.99 Å². The van der Waals surface area contributed by atoms with Crippen LogP contribution in [0.25, 0.3) is 0 Å². The third-order valence-electron chi connectivity index (χ3n) is 3.96. The van der Waals surface area contributed by atoms with Crippen molar-refractivity contribution in [3.05, 3.63) is 96.6 Å². The molecule has 0 aliphatic carbocycles. The summed E-state index contributed by atoms with van der Waals surface area (Å²) in [5, 5.41) is 0.431. The monoisotopic (exact) mass is 344 g/mol. The van der Waals surface area contributed by atoms with Crippen LogP contribution in [0.3, 0.4) is 0 Å². The van der Waals surface area contributed by atoms with Gasteiger partial charge in [-0.1, -0.05) is 78.5 Å². The van der Waals surface area contributed by atoms with E-state index in [9.17, 15) is 4.79 Å². The summed E-state index contributed by atoms with van der Waals surface area (Å²) < 4.78 is 0. The topological polar surface area (TPSA) is 32.7 Å². The number of aliphatic imine (C=N–C) groups is 1. The summed E-state index contributed by atoms with van der Waals surface area (Å²) in [4.78, 5) is 19.6. The summed E-state index contributed by atoms with van der Waals surface area (Å²) >= 11 is 1.50. The SMILES string of the molecule is O=C1C(c2ccccc2)SC(=Nc2ccccc2)N1c1ccccc1. The van der Waals surface area contributed by atoms with Crippen molar-refractivity contribution in [2.24, 2.45) is 4.99 Å². The molecule has 0 saturated carbocycles. The number of hydrogen-bond donors (Lipinski definition) is 0. The summed E-state index contributed by atoms with van der Waals surface area (Å²) in [6.45, 7) is 0. The number of carbonyl (C=O) groups is 1. The predicted octanol–water partition coefficient (Wildman–Crippen LogP) is 5.20. The lowest BCUT2D eigenvalue weighted by molar-refractivity contribution is -0.117. The normalized spacial score (nSPS) is 18.7. The second-order valence-corrected chi connectivity index (χ2v) is 6.72. The number of rotatable bonds is 3. The third-order valence-corrected chi connectivity index (χ3v) is 5.15. The zero-order chi connectivity index (χ0) is 17.1. The maximum absolute atomic E-state index is 13.1. The first-order valence-corrected chi connectivity index (χ1v) is 8.95. The van der Waals surface area contributed by atoms with Crippen LogP contribution in [0.1, 0.15) is 10.8 Å². The molecule has 3 nitrogen and oxygen atoms in total. The van der Waals surface area contributed by atoms with E-state index in [1.165, 1.54) is 11.8 Å². The maximum atomic E-state index is 13.1. The molecule has 3 aromatic carbocycles. The number of amidine groups is 1. The van der Waals surface area contributed by atoms with Crippen LogP contribution in [0.2, 0.25) is 0 Å². The van der Waals surface area contributed by atoms with E-state index >= 15 is 0 Å². The second kappa shape index (κ2) is 6.95. The molecule has 0 radical (unpaired) electrons. The number of carbonyl (C=O) groups excluding carboxylic acids is 1. The molecule has 4 rings (SSSR count). The number of benzene rings is 3. The molecule has 1 unspecified atom stereocenters. The van der Waals surface area contributed by atoms with E-state index in [2.05, 4.69) is 0 Å². The van der Waals surface area contributed by atoms with Crippen LogP contribution in [0.15, 0.2) is 96.0 Å². The molecule has 1 aliphatic rings. The molecule has 1 heterocycles. The minimum Gasteiger partial charge on any atom is -0.272 e. The fourth-order valence-corrected chi connectivity index (χ4v) is 3.93. The highest BCUT2D eigenvalue weighted by Crippen LogP contribution is 2.42. The molecule has 25 heavy (non-hydrogen) atoms. The molecule has 0 aromatic heterocycles. The standard InChI is InChI=1S/C21H16N2OS/c24-20-19(16-10-4-1-5-11-16)25-21(22-17-12-6-2-7-13-17)23(20)18-14-8-3-9-15-18/h1-15,19H. The molecule has 0 bridgehead atoms. The van der Waals surface area contributed by atoms with Crippen LogP contribution in [-0.2, 0) is 4.79 Å². The van der Waals surface area contributed by atoms with Gasteiger partial charge in [0.1, 0.15) is 5.25 Å². The van der Waals surface area contributed by atoms with Crippen molar-refractivity contribution in [2.75, 3.05) is 4.90 Å². The van der Waals surface area contributed by atoms with Crippen LogP contribution in [0, 0.1) is 0 Å². The third kappa shape index (κ3) is 3.21. The highest BCUT2D eigenvalue weighted by Gasteiger charge is 2.39. The minimum absolute atomic E-state index is 0.0390. The van der Waals surface area contributed by atoms with Gasteiger partial charge in [-0.25, -0.2) is 4.99 Å². The van der Waals surface area contributed by atoms with Gasteiger partial charge in [0.05, 0.1) is 11.4 Å². The molecule has 1 saturated heterocycles. The van der Waals surface area contributed by atoms with E-state index in [0.717, 1.165) is 16.9 Å². The number of hydrogen-bond acceptors (Lipinski definition) is 3. The minimum atomic E-state index is -0.274. The van der Waals surface area contributed by atoms with Crippen LogP contribution >= 0.6 is 11.8 Å². The highest BCUT2D eigenvalue weighted by atomic mass is 32.2. The van der Waals surface area contributed by atoms with Gasteiger partial charge in [0, 0.05) is 0 Å². The van der Waals surface area contributed by atoms with Gasteiger partial charge in [-0.3, -0.25) is 9.69 Å². The Morgan fingerprint density at radius 1 is 0.760 bits per heavy atom. The summed E-state index contributed by atoms with van der Waals surface area (Å²) in [7, 11) is 0. The molecule has 3 aromatic rings. The first-order valence-electron chi connectivity index (χ1n) is 8.07. The van der Waals surface area contributed by atoms with E-state index in [-0.39, 0.29) is 11.2 Å². The molecule has 0 N–H and O–H groups in total. The first-order chi connectivity index (χ1) is 12.3. The van der Waals surface area contributed by atoms with Gasteiger partial charge in [0.25, 0.3) is 5.91 Å². The van der Waals surface area contributed by atoms with Crippen molar-refractivity contribution in [3.8, 4) is 0 Å². The number of thioether (sulfide) groups is 1. The van der Waals surface area contributed by atoms with Gasteiger partial charge in [-0.2, -0.15) is 0 Å². The van der Waals surface area contributed by atoms with Gasteiger partial charge in [0.15, 0.2) is 5.17 Å². The average Bonchev–Trinajstić information content (AvgIpc) is 3.00. The summed E-state index contributed by atoms with van der Waals surface area (Å²) in [5.74, 6) is 0.0390. The fourth-order valence-electron chi connectivity index (χ4n) is 2.76. The van der Waals surface area contributed by atoms with Crippen LogP contribution < -0.4 is 4.90 Å². The Kier molecular flexibility index (Phi) is 4.36. The van der Waals surface area contributed by atoms with E-state index in [0.29, 0.717) is 5.17 Å². The molecule has 1 amide bonds. The van der Waals surface area contributed by atoms with Crippen molar-refractivity contribution in [3.63, 3.8) is 0 Å². The van der Waals surface area contributed by atoms with Crippen molar-refractivity contribution in [1.29, 1.82) is 0 Å². The molecule has 1 atom stereocenters. The van der Waals surface area contributed by atoms with Crippen molar-refractivity contribution in [1.82, 2.24) is 0 Å². The molecular formula is C21H16N2OS. The quantitative estimate of drug-likeness (QED) is 0.654.